The van der Waals surface area contributed by atoms with Crippen LogP contribution in [-0.4, -0.2) is 30.0 Å². The van der Waals surface area contributed by atoms with Crippen LogP contribution in [0.25, 0.3) is 10.8 Å². The van der Waals surface area contributed by atoms with Crippen molar-refractivity contribution in [1.29, 1.82) is 0 Å². The van der Waals surface area contributed by atoms with Crippen LogP contribution in [0.3, 0.4) is 0 Å². The summed E-state index contributed by atoms with van der Waals surface area (Å²) in [6.07, 6.45) is 0. The lowest BCUT2D eigenvalue weighted by Gasteiger charge is -2.20. The van der Waals surface area contributed by atoms with Crippen molar-refractivity contribution in [3.8, 4) is 0 Å². The zero-order valence-corrected chi connectivity index (χ0v) is 22.6. The second-order valence-corrected chi connectivity index (χ2v) is 14.5. The maximum Gasteiger partial charge on any atom is 0.297 e. The summed E-state index contributed by atoms with van der Waals surface area (Å²) in [4.78, 5) is -0.241. The molecule has 0 atom stereocenters. The average molecular weight is 586 g/mol. The minimum Gasteiger partial charge on any atom is -0.266 e. The molecule has 0 aliphatic heterocycles. The van der Waals surface area contributed by atoms with Gasteiger partial charge in [0.05, 0.1) is 13.2 Å². The number of fused-ring (bicyclic) bond motifs is 1. The highest BCUT2D eigenvalue weighted by molar-refractivity contribution is 9.10. The van der Waals surface area contributed by atoms with Gasteiger partial charge >= 0.3 is 0 Å². The molecule has 0 aliphatic rings. The Morgan fingerprint density at radius 1 is 0.667 bits per heavy atom. The average Bonchev–Trinajstić information content (AvgIpc) is 2.56. The van der Waals surface area contributed by atoms with E-state index in [9.17, 15) is 16.8 Å². The van der Waals surface area contributed by atoms with E-state index in [4.69, 9.17) is 8.37 Å². The first-order valence-electron chi connectivity index (χ1n) is 9.13. The number of benzene rings is 2. The van der Waals surface area contributed by atoms with Crippen LogP contribution >= 0.6 is 31.9 Å². The predicted molar refractivity (Wildman–Crippen MR) is 125 cm³/mol. The van der Waals surface area contributed by atoms with Crippen molar-refractivity contribution in [2.75, 3.05) is 13.2 Å². The van der Waals surface area contributed by atoms with Crippen LogP contribution in [-0.2, 0) is 28.6 Å². The van der Waals surface area contributed by atoms with Crippen LogP contribution in [0.4, 0.5) is 0 Å². The zero-order valence-electron chi connectivity index (χ0n) is 17.7. The van der Waals surface area contributed by atoms with E-state index in [-0.39, 0.29) is 44.6 Å². The van der Waals surface area contributed by atoms with Crippen molar-refractivity contribution >= 4 is 62.9 Å². The lowest BCUT2D eigenvalue weighted by Crippen LogP contribution is -2.20. The van der Waals surface area contributed by atoms with Gasteiger partial charge in [0.1, 0.15) is 9.79 Å². The van der Waals surface area contributed by atoms with E-state index in [0.717, 1.165) is 0 Å². The molecule has 0 unspecified atom stereocenters. The fraction of sp³-hybridized carbons (Fsp3) is 0.500. The molecule has 30 heavy (non-hydrogen) atoms. The van der Waals surface area contributed by atoms with E-state index >= 15 is 0 Å². The van der Waals surface area contributed by atoms with Gasteiger partial charge in [-0.3, -0.25) is 8.37 Å². The molecule has 2 rings (SSSR count). The summed E-state index contributed by atoms with van der Waals surface area (Å²) in [5.41, 5.74) is -0.741. The first-order valence-corrected chi connectivity index (χ1v) is 13.5. The fourth-order valence-electron chi connectivity index (χ4n) is 2.38. The minimum atomic E-state index is -4.14. The first kappa shape index (κ1) is 25.7. The van der Waals surface area contributed by atoms with Crippen molar-refractivity contribution in [3.05, 3.63) is 33.2 Å². The highest BCUT2D eigenvalue weighted by Gasteiger charge is 2.28. The normalized spacial score (nSPS) is 13.7. The molecular weight excluding hydrogens is 560 g/mol. The fourth-order valence-corrected chi connectivity index (χ4v) is 6.29. The molecule has 0 amide bonds. The molecule has 0 saturated carbocycles. The van der Waals surface area contributed by atoms with Crippen LogP contribution in [0.1, 0.15) is 41.5 Å². The highest BCUT2D eigenvalue weighted by atomic mass is 79.9. The van der Waals surface area contributed by atoms with Gasteiger partial charge in [0.25, 0.3) is 20.2 Å². The first-order chi connectivity index (χ1) is 13.4. The van der Waals surface area contributed by atoms with E-state index < -0.39 is 20.2 Å². The highest BCUT2D eigenvalue weighted by Crippen LogP contribution is 2.36. The lowest BCUT2D eigenvalue weighted by atomic mass is 9.99. The molecule has 168 valence electrons. The van der Waals surface area contributed by atoms with E-state index in [2.05, 4.69) is 31.9 Å². The molecule has 0 bridgehead atoms. The van der Waals surface area contributed by atoms with E-state index in [1.165, 1.54) is 12.1 Å². The summed E-state index contributed by atoms with van der Waals surface area (Å²) in [5, 5.41) is 0.443. The van der Waals surface area contributed by atoms with Gasteiger partial charge in [-0.05, 0) is 35.1 Å². The minimum absolute atomic E-state index is 0.0167. The quantitative estimate of drug-likeness (QED) is 0.394. The van der Waals surface area contributed by atoms with Crippen LogP contribution < -0.4 is 0 Å². The zero-order chi connectivity index (χ0) is 23.1. The summed E-state index contributed by atoms with van der Waals surface area (Å²) in [6.45, 7) is 11.1. The number of halogens is 2. The second kappa shape index (κ2) is 8.78. The van der Waals surface area contributed by atoms with Crippen molar-refractivity contribution in [2.45, 2.75) is 51.3 Å². The molecule has 0 radical (unpaired) electrons. The molecule has 0 heterocycles. The van der Waals surface area contributed by atoms with Gasteiger partial charge in [-0.15, -0.1) is 0 Å². The molecule has 0 saturated heterocycles. The Hall–Kier alpha value is -0.520. The van der Waals surface area contributed by atoms with E-state index in [1.807, 2.05) is 41.5 Å². The standard InChI is InChI=1S/C20H26Br2O6S2/c1-19(2,3)11-27-29(23,24)17-9-13(21)8-16-15(17)7-14(22)10-18(16)30(25,26)28-12-20(4,5)6/h7-10H,11-12H2,1-6H3. The summed E-state index contributed by atoms with van der Waals surface area (Å²) in [6, 6.07) is 5.91. The Morgan fingerprint density at radius 3 is 1.23 bits per heavy atom. The van der Waals surface area contributed by atoms with Crippen molar-refractivity contribution in [2.24, 2.45) is 10.8 Å². The van der Waals surface area contributed by atoms with Gasteiger partial charge in [0, 0.05) is 19.7 Å². The second-order valence-electron chi connectivity index (χ2n) is 9.46. The molecule has 0 fully saturated rings. The summed E-state index contributed by atoms with van der Waals surface area (Å²) >= 11 is 6.58. The third kappa shape index (κ3) is 6.74. The Kier molecular flexibility index (Phi) is 7.54. The monoisotopic (exact) mass is 584 g/mol. The van der Waals surface area contributed by atoms with E-state index in [1.54, 1.807) is 12.1 Å². The Morgan fingerprint density at radius 2 is 0.967 bits per heavy atom. The maximum atomic E-state index is 12.9. The third-order valence-electron chi connectivity index (χ3n) is 3.76. The van der Waals surface area contributed by atoms with Crippen LogP contribution in [0.15, 0.2) is 43.0 Å². The van der Waals surface area contributed by atoms with Crippen molar-refractivity contribution in [3.63, 3.8) is 0 Å². The van der Waals surface area contributed by atoms with Gasteiger partial charge in [-0.25, -0.2) is 0 Å². The summed E-state index contributed by atoms with van der Waals surface area (Å²) in [7, 11) is -8.29. The van der Waals surface area contributed by atoms with Gasteiger partial charge < -0.3 is 0 Å². The Labute approximate surface area is 195 Å². The van der Waals surface area contributed by atoms with Crippen LogP contribution in [0.2, 0.25) is 0 Å². The Balaban J connectivity index is 2.71. The molecule has 0 aliphatic carbocycles. The van der Waals surface area contributed by atoms with Crippen molar-refractivity contribution in [1.82, 2.24) is 0 Å². The molecule has 10 heteroatoms. The molecule has 2 aromatic rings. The number of rotatable bonds is 6. The molecule has 6 nitrogen and oxygen atoms in total. The summed E-state index contributed by atoms with van der Waals surface area (Å²) in [5.74, 6) is 0. The number of hydrogen-bond acceptors (Lipinski definition) is 6. The van der Waals surface area contributed by atoms with Crippen LogP contribution in [0, 0.1) is 10.8 Å². The lowest BCUT2D eigenvalue weighted by molar-refractivity contribution is 0.203. The molecule has 2 aromatic carbocycles. The van der Waals surface area contributed by atoms with Crippen molar-refractivity contribution < 1.29 is 25.2 Å². The smallest absolute Gasteiger partial charge is 0.266 e. The topological polar surface area (TPSA) is 86.7 Å². The van der Waals surface area contributed by atoms with Gasteiger partial charge in [0.15, 0.2) is 0 Å². The molecular formula is C20H26Br2O6S2. The SMILES string of the molecule is CC(C)(C)COS(=O)(=O)c1cc(Br)cc2c(S(=O)(=O)OCC(C)(C)C)cc(Br)cc12. The van der Waals surface area contributed by atoms with Gasteiger partial charge in [0.2, 0.25) is 0 Å². The molecule has 0 spiro atoms. The number of hydrogen-bond donors (Lipinski definition) is 0. The molecule has 0 aromatic heterocycles. The van der Waals surface area contributed by atoms with Crippen LogP contribution in [0.5, 0.6) is 0 Å². The maximum absolute atomic E-state index is 12.9. The molecule has 0 N–H and O–H groups in total. The predicted octanol–water partition coefficient (Wildman–Crippen LogP) is 5.87. The van der Waals surface area contributed by atoms with Gasteiger partial charge in [-0.1, -0.05) is 73.4 Å². The largest absolute Gasteiger partial charge is 0.297 e. The third-order valence-corrected chi connectivity index (χ3v) is 7.28. The summed E-state index contributed by atoms with van der Waals surface area (Å²) < 4.78 is 63.1. The van der Waals surface area contributed by atoms with Gasteiger partial charge in [-0.2, -0.15) is 16.8 Å². The van der Waals surface area contributed by atoms with E-state index in [0.29, 0.717) is 8.95 Å². The Bertz CT molecular complexity index is 1070.